The molecule has 0 fully saturated rings. The number of hydrogen-bond donors (Lipinski definition) is 1. The van der Waals surface area contributed by atoms with Gasteiger partial charge in [-0.15, -0.1) is 0 Å². The molecule has 0 saturated carbocycles. The van der Waals surface area contributed by atoms with Gasteiger partial charge in [-0.25, -0.2) is 8.42 Å². The lowest BCUT2D eigenvalue weighted by Crippen LogP contribution is -2.52. The van der Waals surface area contributed by atoms with Gasteiger partial charge in [-0.3, -0.25) is 13.9 Å². The van der Waals surface area contributed by atoms with Crippen molar-refractivity contribution in [2.24, 2.45) is 0 Å². The number of hydrogen-bond acceptors (Lipinski definition) is 5. The van der Waals surface area contributed by atoms with Gasteiger partial charge in [0, 0.05) is 13.1 Å². The summed E-state index contributed by atoms with van der Waals surface area (Å²) in [6.45, 7) is 7.53. The Kier molecular flexibility index (Phi) is 10.7. The summed E-state index contributed by atoms with van der Waals surface area (Å²) in [5.41, 5.74) is 2.91. The van der Waals surface area contributed by atoms with E-state index in [1.807, 2.05) is 52.0 Å². The maximum atomic E-state index is 14.1. The molecule has 40 heavy (non-hydrogen) atoms. The van der Waals surface area contributed by atoms with E-state index in [0.29, 0.717) is 30.8 Å². The van der Waals surface area contributed by atoms with Crippen LogP contribution in [0.25, 0.3) is 0 Å². The fourth-order valence-corrected chi connectivity index (χ4v) is 6.03. The summed E-state index contributed by atoms with van der Waals surface area (Å²) in [6, 6.07) is 20.2. The summed E-state index contributed by atoms with van der Waals surface area (Å²) >= 11 is 0. The Bertz CT molecular complexity index is 1410. The van der Waals surface area contributed by atoms with Crippen LogP contribution in [0.5, 0.6) is 5.75 Å². The molecule has 0 heterocycles. The van der Waals surface area contributed by atoms with Gasteiger partial charge in [0.25, 0.3) is 10.0 Å². The molecule has 9 heteroatoms. The summed E-state index contributed by atoms with van der Waals surface area (Å²) in [5, 5.41) is 2.82. The van der Waals surface area contributed by atoms with Gasteiger partial charge < -0.3 is 15.0 Å². The molecule has 2 amide bonds. The van der Waals surface area contributed by atoms with Crippen LogP contribution in [0, 0.1) is 6.92 Å². The average molecular weight is 566 g/mol. The zero-order valence-corrected chi connectivity index (χ0v) is 24.7. The van der Waals surface area contributed by atoms with Gasteiger partial charge in [-0.1, -0.05) is 61.9 Å². The van der Waals surface area contributed by atoms with Gasteiger partial charge >= 0.3 is 0 Å². The molecule has 3 rings (SSSR count). The van der Waals surface area contributed by atoms with Crippen molar-refractivity contribution >= 4 is 27.5 Å². The number of carbonyl (C=O) groups excluding carboxylic acids is 2. The minimum Gasteiger partial charge on any atom is -0.497 e. The number of ether oxygens (including phenoxy) is 1. The van der Waals surface area contributed by atoms with Crippen LogP contribution in [0.4, 0.5) is 5.69 Å². The van der Waals surface area contributed by atoms with Crippen LogP contribution in [0.1, 0.15) is 43.9 Å². The summed E-state index contributed by atoms with van der Waals surface area (Å²) in [5.74, 6) is -0.151. The van der Waals surface area contributed by atoms with Crippen molar-refractivity contribution in [3.8, 4) is 5.75 Å². The minimum absolute atomic E-state index is 0.0897. The molecule has 214 valence electrons. The minimum atomic E-state index is -4.11. The average Bonchev–Trinajstić information content (AvgIpc) is 2.96. The number of benzene rings is 3. The second kappa shape index (κ2) is 14.0. The largest absolute Gasteiger partial charge is 0.497 e. The van der Waals surface area contributed by atoms with Crippen LogP contribution in [-0.4, -0.2) is 51.4 Å². The third-order valence-electron chi connectivity index (χ3n) is 6.75. The Morgan fingerprint density at radius 3 is 2.27 bits per heavy atom. The first-order chi connectivity index (χ1) is 19.2. The normalized spacial score (nSPS) is 11.9. The highest BCUT2D eigenvalue weighted by atomic mass is 32.2. The third-order valence-corrected chi connectivity index (χ3v) is 8.53. The van der Waals surface area contributed by atoms with Crippen molar-refractivity contribution in [3.63, 3.8) is 0 Å². The van der Waals surface area contributed by atoms with E-state index in [1.165, 1.54) is 9.21 Å². The van der Waals surface area contributed by atoms with Crippen molar-refractivity contribution in [2.45, 2.75) is 58.0 Å². The van der Waals surface area contributed by atoms with E-state index in [2.05, 4.69) is 5.32 Å². The number of aryl methyl sites for hydroxylation is 2. The SMILES string of the molecule is CCNC(=O)[C@H](CC)N(Cc1cccc(OC)c1)C(=O)CN(c1ccccc1CC)S(=O)(=O)c1ccc(C)cc1. The molecule has 3 aromatic rings. The number of rotatable bonds is 13. The van der Waals surface area contributed by atoms with Crippen LogP contribution in [0.15, 0.2) is 77.7 Å². The van der Waals surface area contributed by atoms with E-state index in [0.717, 1.165) is 16.7 Å². The van der Waals surface area contributed by atoms with E-state index >= 15 is 0 Å². The molecule has 0 bridgehead atoms. The molecule has 0 aliphatic heterocycles. The lowest BCUT2D eigenvalue weighted by Gasteiger charge is -2.33. The molecular weight excluding hydrogens is 526 g/mol. The first-order valence-electron chi connectivity index (χ1n) is 13.5. The fraction of sp³-hybridized carbons (Fsp3) is 0.355. The van der Waals surface area contributed by atoms with Gasteiger partial charge in [0.15, 0.2) is 0 Å². The topological polar surface area (TPSA) is 96.0 Å². The number of anilines is 1. The molecule has 0 aliphatic rings. The molecule has 0 aliphatic carbocycles. The van der Waals surface area contributed by atoms with E-state index in [9.17, 15) is 18.0 Å². The monoisotopic (exact) mass is 565 g/mol. The quantitative estimate of drug-likeness (QED) is 0.324. The summed E-state index contributed by atoms with van der Waals surface area (Å²) in [6.07, 6.45) is 0.937. The molecule has 0 spiro atoms. The number of methoxy groups -OCH3 is 1. The van der Waals surface area contributed by atoms with Gasteiger partial charge in [0.1, 0.15) is 18.3 Å². The second-order valence-electron chi connectivity index (χ2n) is 9.50. The standard InChI is InChI=1S/C31H39N3O5S/c1-6-25-13-9-10-15-29(25)34(40(37,38)27-18-16-23(4)17-19-27)22-30(35)33(28(7-2)31(36)32-8-3)21-24-12-11-14-26(20-24)39-5/h9-20,28H,6-8,21-22H2,1-5H3,(H,32,36)/t28-/m0/s1. The number of likely N-dealkylation sites (N-methyl/N-ethyl adjacent to an activating group) is 1. The highest BCUT2D eigenvalue weighted by Gasteiger charge is 2.34. The molecule has 3 aromatic carbocycles. The molecule has 0 radical (unpaired) electrons. The van der Waals surface area contributed by atoms with Crippen molar-refractivity contribution in [3.05, 3.63) is 89.5 Å². The zero-order chi connectivity index (χ0) is 29.3. The first-order valence-corrected chi connectivity index (χ1v) is 15.0. The number of para-hydroxylation sites is 1. The lowest BCUT2D eigenvalue weighted by atomic mass is 10.1. The summed E-state index contributed by atoms with van der Waals surface area (Å²) in [7, 11) is -2.55. The van der Waals surface area contributed by atoms with Crippen LogP contribution in [-0.2, 0) is 32.6 Å². The predicted octanol–water partition coefficient (Wildman–Crippen LogP) is 4.70. The van der Waals surface area contributed by atoms with E-state index < -0.39 is 28.5 Å². The second-order valence-corrected chi connectivity index (χ2v) is 11.4. The Labute approximate surface area is 238 Å². The number of nitrogens with zero attached hydrogens (tertiary/aromatic N) is 2. The smallest absolute Gasteiger partial charge is 0.264 e. The summed E-state index contributed by atoms with van der Waals surface area (Å²) < 4.78 is 34.6. The Morgan fingerprint density at radius 1 is 0.950 bits per heavy atom. The third kappa shape index (κ3) is 7.21. The van der Waals surface area contributed by atoms with Gasteiger partial charge in [0.05, 0.1) is 17.7 Å². The number of sulfonamides is 1. The Balaban J connectivity index is 2.10. The van der Waals surface area contributed by atoms with Crippen LogP contribution in [0.2, 0.25) is 0 Å². The summed E-state index contributed by atoms with van der Waals surface area (Å²) in [4.78, 5) is 28.8. The van der Waals surface area contributed by atoms with E-state index in [1.54, 1.807) is 55.6 Å². The van der Waals surface area contributed by atoms with Gasteiger partial charge in [0.2, 0.25) is 11.8 Å². The first kappa shape index (κ1) is 30.7. The molecule has 0 unspecified atom stereocenters. The molecule has 8 nitrogen and oxygen atoms in total. The fourth-order valence-electron chi connectivity index (χ4n) is 4.58. The van der Waals surface area contributed by atoms with Crippen LogP contribution < -0.4 is 14.4 Å². The van der Waals surface area contributed by atoms with Crippen molar-refractivity contribution in [2.75, 3.05) is 24.5 Å². The van der Waals surface area contributed by atoms with Gasteiger partial charge in [-0.05, 0) is 68.1 Å². The molecule has 0 aromatic heterocycles. The number of carbonyl (C=O) groups is 2. The van der Waals surface area contributed by atoms with Crippen LogP contribution >= 0.6 is 0 Å². The zero-order valence-electron chi connectivity index (χ0n) is 23.9. The number of nitrogens with one attached hydrogen (secondary N) is 1. The van der Waals surface area contributed by atoms with Crippen LogP contribution in [0.3, 0.4) is 0 Å². The molecule has 1 N–H and O–H groups in total. The van der Waals surface area contributed by atoms with E-state index in [-0.39, 0.29) is 17.3 Å². The highest BCUT2D eigenvalue weighted by molar-refractivity contribution is 7.92. The maximum Gasteiger partial charge on any atom is 0.264 e. The molecule has 0 saturated heterocycles. The van der Waals surface area contributed by atoms with Gasteiger partial charge in [-0.2, -0.15) is 0 Å². The Morgan fingerprint density at radius 2 is 1.65 bits per heavy atom. The Hall–Kier alpha value is -3.85. The van der Waals surface area contributed by atoms with Crippen molar-refractivity contribution < 1.29 is 22.7 Å². The predicted molar refractivity (Wildman–Crippen MR) is 158 cm³/mol. The number of amides is 2. The lowest BCUT2D eigenvalue weighted by molar-refractivity contribution is -0.140. The van der Waals surface area contributed by atoms with E-state index in [4.69, 9.17) is 4.74 Å². The highest BCUT2D eigenvalue weighted by Crippen LogP contribution is 2.28. The van der Waals surface area contributed by atoms with Crippen molar-refractivity contribution in [1.82, 2.24) is 10.2 Å². The van der Waals surface area contributed by atoms with Crippen molar-refractivity contribution in [1.29, 1.82) is 0 Å². The molecular formula is C31H39N3O5S. The molecule has 1 atom stereocenters. The maximum absolute atomic E-state index is 14.1.